The minimum atomic E-state index is 0.206. The highest BCUT2D eigenvalue weighted by Gasteiger charge is 2.28. The smallest absolute Gasteiger partial charge is 0.226 e. The van der Waals surface area contributed by atoms with Gasteiger partial charge in [-0.05, 0) is 50.2 Å². The number of amides is 1. The highest BCUT2D eigenvalue weighted by molar-refractivity contribution is 5.79. The molecule has 1 saturated heterocycles. The third kappa shape index (κ3) is 3.71. The van der Waals surface area contributed by atoms with Crippen LogP contribution in [0.3, 0.4) is 0 Å². The number of carbonyl (C=O) groups excluding carboxylic acids is 1. The van der Waals surface area contributed by atoms with Crippen molar-refractivity contribution >= 4 is 5.91 Å². The van der Waals surface area contributed by atoms with E-state index >= 15 is 0 Å². The van der Waals surface area contributed by atoms with Crippen LogP contribution in [0.1, 0.15) is 37.9 Å². The molecule has 1 amide bonds. The fraction of sp³-hybridized carbons (Fsp3) is 0.476. The molecule has 5 nitrogen and oxygen atoms in total. The Bertz CT molecular complexity index is 759. The van der Waals surface area contributed by atoms with Crippen molar-refractivity contribution in [1.29, 1.82) is 0 Å². The second-order valence-electron chi connectivity index (χ2n) is 7.41. The maximum Gasteiger partial charge on any atom is 0.226 e. The van der Waals surface area contributed by atoms with E-state index in [-0.39, 0.29) is 5.92 Å². The first kappa shape index (κ1) is 17.0. The zero-order valence-electron chi connectivity index (χ0n) is 15.1. The molecule has 1 aliphatic carbocycles. The molecule has 0 bridgehead atoms. The van der Waals surface area contributed by atoms with E-state index in [0.717, 1.165) is 63.1 Å². The fourth-order valence-corrected chi connectivity index (χ4v) is 4.09. The van der Waals surface area contributed by atoms with E-state index in [1.807, 2.05) is 18.2 Å². The Kier molecular flexibility index (Phi) is 5.14. The third-order valence-corrected chi connectivity index (χ3v) is 5.67. The van der Waals surface area contributed by atoms with Gasteiger partial charge in [0.25, 0.3) is 0 Å². The number of carbonyl (C=O) groups is 1. The maximum atomic E-state index is 12.7. The topological polar surface area (TPSA) is 51.0 Å². The monoisotopic (exact) mass is 350 g/mol. The van der Waals surface area contributed by atoms with Crippen LogP contribution in [-0.4, -0.2) is 38.7 Å². The van der Waals surface area contributed by atoms with Gasteiger partial charge in [0.2, 0.25) is 5.91 Å². The summed E-state index contributed by atoms with van der Waals surface area (Å²) < 4.78 is 2.08. The first-order valence-corrected chi connectivity index (χ1v) is 9.69. The molecule has 136 valence electrons. The van der Waals surface area contributed by atoms with Gasteiger partial charge in [-0.2, -0.15) is 0 Å². The number of likely N-dealkylation sites (tertiary alicyclic amines) is 1. The second kappa shape index (κ2) is 7.85. The molecular formula is C21H26N4O. The Labute approximate surface area is 154 Å². The number of hydrogen-bond donors (Lipinski definition) is 0. The van der Waals surface area contributed by atoms with Crippen LogP contribution in [0.4, 0.5) is 0 Å². The average molecular weight is 350 g/mol. The Morgan fingerprint density at radius 1 is 1.08 bits per heavy atom. The predicted octanol–water partition coefficient (Wildman–Crippen LogP) is 3.40. The summed E-state index contributed by atoms with van der Waals surface area (Å²) in [6.45, 7) is 1.76. The summed E-state index contributed by atoms with van der Waals surface area (Å²) >= 11 is 0. The van der Waals surface area contributed by atoms with Crippen molar-refractivity contribution in [3.63, 3.8) is 0 Å². The van der Waals surface area contributed by atoms with E-state index in [1.165, 1.54) is 0 Å². The van der Waals surface area contributed by atoms with Crippen LogP contribution in [0, 0.1) is 11.8 Å². The lowest BCUT2D eigenvalue weighted by Crippen LogP contribution is -2.42. The van der Waals surface area contributed by atoms with Crippen LogP contribution in [0.15, 0.2) is 48.8 Å². The molecule has 2 heterocycles. The van der Waals surface area contributed by atoms with Gasteiger partial charge in [-0.15, -0.1) is 10.2 Å². The van der Waals surface area contributed by atoms with Crippen LogP contribution >= 0.6 is 0 Å². The number of aromatic nitrogens is 3. The number of hydrogen-bond acceptors (Lipinski definition) is 3. The summed E-state index contributed by atoms with van der Waals surface area (Å²) in [5, 5.41) is 8.45. The zero-order valence-corrected chi connectivity index (χ0v) is 15.1. The average Bonchev–Trinajstić information content (AvgIpc) is 3.17. The summed E-state index contributed by atoms with van der Waals surface area (Å²) in [6, 6.07) is 10.2. The van der Waals surface area contributed by atoms with Gasteiger partial charge in [0, 0.05) is 31.1 Å². The molecular weight excluding hydrogens is 324 g/mol. The molecule has 2 aromatic rings. The van der Waals surface area contributed by atoms with Gasteiger partial charge in [0.15, 0.2) is 0 Å². The molecule has 5 heteroatoms. The predicted molar refractivity (Wildman–Crippen MR) is 101 cm³/mol. The van der Waals surface area contributed by atoms with Crippen molar-refractivity contribution in [2.24, 2.45) is 11.8 Å². The van der Waals surface area contributed by atoms with Gasteiger partial charge in [-0.1, -0.05) is 30.4 Å². The summed E-state index contributed by atoms with van der Waals surface area (Å²) in [5.41, 5.74) is 1.10. The van der Waals surface area contributed by atoms with Gasteiger partial charge in [-0.25, -0.2) is 0 Å². The molecule has 1 aromatic carbocycles. The van der Waals surface area contributed by atoms with Crippen LogP contribution in [0.5, 0.6) is 0 Å². The number of allylic oxidation sites excluding steroid dienone is 2. The van der Waals surface area contributed by atoms with E-state index in [2.05, 4.69) is 43.9 Å². The van der Waals surface area contributed by atoms with E-state index in [9.17, 15) is 4.79 Å². The molecule has 0 saturated carbocycles. The van der Waals surface area contributed by atoms with Crippen molar-refractivity contribution in [1.82, 2.24) is 19.7 Å². The van der Waals surface area contributed by atoms with E-state index in [0.29, 0.717) is 11.8 Å². The van der Waals surface area contributed by atoms with E-state index in [1.54, 1.807) is 6.33 Å². The molecule has 1 aromatic heterocycles. The molecule has 0 N–H and O–H groups in total. The highest BCUT2D eigenvalue weighted by Crippen LogP contribution is 2.26. The molecule has 26 heavy (non-hydrogen) atoms. The molecule has 1 atom stereocenters. The molecule has 0 spiro atoms. The van der Waals surface area contributed by atoms with Crippen LogP contribution in [0.25, 0.3) is 5.69 Å². The first-order valence-electron chi connectivity index (χ1n) is 9.69. The molecule has 1 fully saturated rings. The van der Waals surface area contributed by atoms with Gasteiger partial charge in [0.1, 0.15) is 12.2 Å². The lowest BCUT2D eigenvalue weighted by atomic mass is 9.89. The van der Waals surface area contributed by atoms with E-state index < -0.39 is 0 Å². The standard InChI is InChI=1S/C21H26N4O/c26-21(18-7-3-1-4-8-18)24-13-11-17(12-14-24)15-20-23-22-16-25(20)19-9-5-2-6-10-19/h1-3,5-6,9-10,16-18H,4,7-8,11-15H2/t18-/m0/s1. The van der Waals surface area contributed by atoms with Crippen molar-refractivity contribution in [2.45, 2.75) is 38.5 Å². The summed E-state index contributed by atoms with van der Waals surface area (Å²) in [4.78, 5) is 14.8. The summed E-state index contributed by atoms with van der Waals surface area (Å²) in [7, 11) is 0. The minimum Gasteiger partial charge on any atom is -0.342 e. The number of rotatable bonds is 4. The Morgan fingerprint density at radius 2 is 1.88 bits per heavy atom. The van der Waals surface area contributed by atoms with Crippen LogP contribution in [-0.2, 0) is 11.2 Å². The van der Waals surface area contributed by atoms with Crippen molar-refractivity contribution in [2.75, 3.05) is 13.1 Å². The molecule has 2 aliphatic rings. The molecule has 0 radical (unpaired) electrons. The molecule has 4 rings (SSSR count). The minimum absolute atomic E-state index is 0.206. The van der Waals surface area contributed by atoms with Crippen LogP contribution in [0.2, 0.25) is 0 Å². The molecule has 0 unspecified atom stereocenters. The third-order valence-electron chi connectivity index (χ3n) is 5.67. The Balaban J connectivity index is 1.34. The van der Waals surface area contributed by atoms with Gasteiger partial charge < -0.3 is 4.90 Å². The normalized spacial score (nSPS) is 21.1. The van der Waals surface area contributed by atoms with Crippen molar-refractivity contribution < 1.29 is 4.79 Å². The Morgan fingerprint density at radius 3 is 2.62 bits per heavy atom. The number of nitrogens with zero attached hydrogens (tertiary/aromatic N) is 4. The summed E-state index contributed by atoms with van der Waals surface area (Å²) in [5.74, 6) is 2.15. The van der Waals surface area contributed by atoms with Gasteiger partial charge in [0.05, 0.1) is 0 Å². The van der Waals surface area contributed by atoms with E-state index in [4.69, 9.17) is 0 Å². The maximum absolute atomic E-state index is 12.7. The fourth-order valence-electron chi connectivity index (χ4n) is 4.09. The van der Waals surface area contributed by atoms with Crippen molar-refractivity contribution in [3.8, 4) is 5.69 Å². The van der Waals surface area contributed by atoms with Gasteiger partial charge in [-0.3, -0.25) is 9.36 Å². The van der Waals surface area contributed by atoms with Gasteiger partial charge >= 0.3 is 0 Å². The highest BCUT2D eigenvalue weighted by atomic mass is 16.2. The molecule has 1 aliphatic heterocycles. The lowest BCUT2D eigenvalue weighted by molar-refractivity contribution is -0.137. The quantitative estimate of drug-likeness (QED) is 0.794. The van der Waals surface area contributed by atoms with Crippen molar-refractivity contribution in [3.05, 3.63) is 54.6 Å². The SMILES string of the molecule is O=C([C@H]1CC=CCC1)N1CCC(Cc2nncn2-c2ccccc2)CC1. The number of piperidine rings is 1. The second-order valence-corrected chi connectivity index (χ2v) is 7.41. The number of benzene rings is 1. The summed E-state index contributed by atoms with van der Waals surface area (Å²) in [6.07, 6.45) is 12.1. The van der Waals surface area contributed by atoms with Crippen LogP contribution < -0.4 is 0 Å². The zero-order chi connectivity index (χ0) is 17.8. The number of para-hydroxylation sites is 1. The lowest BCUT2D eigenvalue weighted by Gasteiger charge is -2.34. The Hall–Kier alpha value is -2.43. The largest absolute Gasteiger partial charge is 0.342 e. The first-order chi connectivity index (χ1) is 12.8.